The van der Waals surface area contributed by atoms with E-state index in [2.05, 4.69) is 15.3 Å². The van der Waals surface area contributed by atoms with E-state index in [0.29, 0.717) is 19.6 Å². The predicted octanol–water partition coefficient (Wildman–Crippen LogP) is 4.09. The van der Waals surface area contributed by atoms with Gasteiger partial charge in [0, 0.05) is 12.7 Å². The highest BCUT2D eigenvalue weighted by molar-refractivity contribution is 6.42. The molecule has 0 bridgehead atoms. The van der Waals surface area contributed by atoms with Crippen LogP contribution >= 0.6 is 23.2 Å². The maximum atomic E-state index is 13.4. The fraction of sp³-hybridized carbons (Fsp3) is 0.333. The summed E-state index contributed by atoms with van der Waals surface area (Å²) in [5.41, 5.74) is -2.53. The molecule has 0 saturated carbocycles. The molecule has 140 valence electrons. The number of rotatable bonds is 4. The van der Waals surface area contributed by atoms with Gasteiger partial charge in [0.05, 0.1) is 22.7 Å². The zero-order valence-electron chi connectivity index (χ0n) is 13.0. The van der Waals surface area contributed by atoms with E-state index in [9.17, 15) is 18.0 Å². The second kappa shape index (κ2) is 7.34. The van der Waals surface area contributed by atoms with Gasteiger partial charge >= 0.3 is 6.18 Å². The minimum absolute atomic E-state index is 0.0710. The monoisotopic (exact) mass is 409 g/mol. The number of aromatic amines is 1. The van der Waals surface area contributed by atoms with Crippen molar-refractivity contribution in [2.75, 3.05) is 18.5 Å². The summed E-state index contributed by atoms with van der Waals surface area (Å²) in [5.74, 6) is -1.37. The molecule has 1 aliphatic heterocycles. The highest BCUT2D eigenvalue weighted by Gasteiger charge is 2.39. The molecule has 1 fully saturated rings. The van der Waals surface area contributed by atoms with Crippen LogP contribution in [0.3, 0.4) is 0 Å². The molecule has 2 N–H and O–H groups in total. The van der Waals surface area contributed by atoms with Crippen molar-refractivity contribution < 1.29 is 22.6 Å². The van der Waals surface area contributed by atoms with Crippen molar-refractivity contribution in [3.8, 4) is 11.5 Å². The fourth-order valence-electron chi connectivity index (χ4n) is 2.32. The number of hydrogen-bond acceptors (Lipinski definition) is 5. The molecule has 1 saturated heterocycles. The van der Waals surface area contributed by atoms with Gasteiger partial charge in [0.2, 0.25) is 11.7 Å². The second-order valence-electron chi connectivity index (χ2n) is 5.47. The molecule has 11 heteroatoms. The summed E-state index contributed by atoms with van der Waals surface area (Å²) in [6.45, 7) is 0.791. The molecule has 0 spiro atoms. The lowest BCUT2D eigenvalue weighted by atomic mass is 10.3. The number of H-pyrrole nitrogens is 1. The number of alkyl halides is 3. The van der Waals surface area contributed by atoms with Crippen LogP contribution < -0.4 is 15.6 Å². The molecule has 0 radical (unpaired) electrons. The second-order valence-corrected chi connectivity index (χ2v) is 6.29. The Morgan fingerprint density at radius 2 is 2.08 bits per heavy atom. The Bertz CT molecular complexity index is 867. The average molecular weight is 410 g/mol. The van der Waals surface area contributed by atoms with Gasteiger partial charge in [-0.3, -0.25) is 9.78 Å². The normalized spacial score (nSPS) is 17.3. The van der Waals surface area contributed by atoms with Crippen molar-refractivity contribution in [2.24, 2.45) is 0 Å². The highest BCUT2D eigenvalue weighted by atomic mass is 35.5. The average Bonchev–Trinajstić information content (AvgIpc) is 3.05. The molecule has 1 aliphatic rings. The molecule has 3 rings (SSSR count). The van der Waals surface area contributed by atoms with Gasteiger partial charge in [0.25, 0.3) is 5.56 Å². The molecule has 1 atom stereocenters. The summed E-state index contributed by atoms with van der Waals surface area (Å²) in [6.07, 6.45) is -4.31. The molecule has 0 amide bonds. The fourth-order valence-corrected chi connectivity index (χ4v) is 2.61. The molecule has 26 heavy (non-hydrogen) atoms. The summed E-state index contributed by atoms with van der Waals surface area (Å²) >= 11 is 11.6. The van der Waals surface area contributed by atoms with Gasteiger partial charge < -0.3 is 14.8 Å². The van der Waals surface area contributed by atoms with Gasteiger partial charge in [-0.15, -0.1) is 0 Å². The van der Waals surface area contributed by atoms with Crippen LogP contribution in [-0.4, -0.2) is 29.2 Å². The smallest absolute Gasteiger partial charge is 0.437 e. The van der Waals surface area contributed by atoms with Gasteiger partial charge in [0.1, 0.15) is 5.75 Å². The van der Waals surface area contributed by atoms with Crippen LogP contribution in [0.1, 0.15) is 12.1 Å². The third kappa shape index (κ3) is 4.22. The number of anilines is 1. The Balaban J connectivity index is 1.97. The first-order chi connectivity index (χ1) is 12.2. The molecular formula is C15H12Cl2F3N3O3. The summed E-state index contributed by atoms with van der Waals surface area (Å²) in [5, 5.41) is 2.98. The maximum Gasteiger partial charge on any atom is 0.437 e. The van der Waals surface area contributed by atoms with E-state index >= 15 is 0 Å². The number of nitrogens with zero attached hydrogens (tertiary/aromatic N) is 1. The van der Waals surface area contributed by atoms with Crippen LogP contribution in [0.4, 0.5) is 19.1 Å². The zero-order valence-corrected chi connectivity index (χ0v) is 14.5. The van der Waals surface area contributed by atoms with Crippen LogP contribution in [0, 0.1) is 0 Å². The van der Waals surface area contributed by atoms with E-state index in [4.69, 9.17) is 32.7 Å². The molecule has 0 aliphatic carbocycles. The van der Waals surface area contributed by atoms with Crippen LogP contribution in [0.2, 0.25) is 10.0 Å². The van der Waals surface area contributed by atoms with Crippen molar-refractivity contribution in [2.45, 2.75) is 18.6 Å². The van der Waals surface area contributed by atoms with Crippen molar-refractivity contribution in [1.82, 2.24) is 9.97 Å². The predicted molar refractivity (Wildman–Crippen MR) is 89.2 cm³/mol. The van der Waals surface area contributed by atoms with E-state index in [1.165, 1.54) is 18.2 Å². The number of halogens is 5. The Labute approximate surface area is 155 Å². The maximum absolute atomic E-state index is 13.4. The van der Waals surface area contributed by atoms with Crippen LogP contribution in [-0.2, 0) is 10.9 Å². The largest absolute Gasteiger partial charge is 0.449 e. The standard InChI is InChI=1S/C15H12Cl2F3N3O3/c16-9-2-1-8(5-10(9)17)26-11-12(15(18,19)20)22-14(23-13(11)24)21-7-3-4-25-6-7/h1-2,5,7H,3-4,6H2,(H2,21,22,23,24). The minimum Gasteiger partial charge on any atom is -0.449 e. The first-order valence-electron chi connectivity index (χ1n) is 7.43. The molecule has 1 aromatic heterocycles. The zero-order chi connectivity index (χ0) is 18.9. The van der Waals surface area contributed by atoms with Gasteiger partial charge in [-0.05, 0) is 18.6 Å². The molecule has 6 nitrogen and oxygen atoms in total. The molecule has 2 aromatic rings. The summed E-state index contributed by atoms with van der Waals surface area (Å²) < 4.78 is 50.4. The number of ether oxygens (including phenoxy) is 2. The summed E-state index contributed by atoms with van der Waals surface area (Å²) in [4.78, 5) is 17.9. The number of nitrogens with one attached hydrogen (secondary N) is 2. The summed E-state index contributed by atoms with van der Waals surface area (Å²) in [7, 11) is 0. The molecule has 1 aromatic carbocycles. The number of hydrogen-bond donors (Lipinski definition) is 2. The lowest BCUT2D eigenvalue weighted by molar-refractivity contribution is -0.142. The number of benzene rings is 1. The molecular weight excluding hydrogens is 398 g/mol. The van der Waals surface area contributed by atoms with E-state index < -0.39 is 23.2 Å². The molecule has 1 unspecified atom stereocenters. The van der Waals surface area contributed by atoms with Gasteiger partial charge in [0.15, 0.2) is 5.69 Å². The van der Waals surface area contributed by atoms with Crippen molar-refractivity contribution >= 4 is 29.2 Å². The first kappa shape index (κ1) is 18.8. The summed E-state index contributed by atoms with van der Waals surface area (Å²) in [6, 6.07) is 3.59. The van der Waals surface area contributed by atoms with E-state index in [1.54, 1.807) is 0 Å². The third-order valence-electron chi connectivity index (χ3n) is 3.53. The van der Waals surface area contributed by atoms with Gasteiger partial charge in [-0.25, -0.2) is 4.98 Å². The lowest BCUT2D eigenvalue weighted by Gasteiger charge is -2.16. The van der Waals surface area contributed by atoms with E-state index in [0.717, 1.165) is 0 Å². The quantitative estimate of drug-likeness (QED) is 0.795. The van der Waals surface area contributed by atoms with Crippen LogP contribution in [0.5, 0.6) is 11.5 Å². The van der Waals surface area contributed by atoms with Gasteiger partial charge in [-0.2, -0.15) is 13.2 Å². The number of aromatic nitrogens is 2. The van der Waals surface area contributed by atoms with Crippen molar-refractivity contribution in [3.63, 3.8) is 0 Å². The Morgan fingerprint density at radius 1 is 1.31 bits per heavy atom. The first-order valence-corrected chi connectivity index (χ1v) is 8.18. The SMILES string of the molecule is O=c1[nH]c(NC2CCOC2)nc(C(F)(F)F)c1Oc1ccc(Cl)c(Cl)c1. The molecule has 2 heterocycles. The lowest BCUT2D eigenvalue weighted by Crippen LogP contribution is -2.26. The Morgan fingerprint density at radius 3 is 2.69 bits per heavy atom. The van der Waals surface area contributed by atoms with Crippen LogP contribution in [0.15, 0.2) is 23.0 Å². The highest BCUT2D eigenvalue weighted by Crippen LogP contribution is 2.36. The van der Waals surface area contributed by atoms with Crippen molar-refractivity contribution in [3.05, 3.63) is 44.3 Å². The van der Waals surface area contributed by atoms with E-state index in [1.807, 2.05) is 0 Å². The topological polar surface area (TPSA) is 76.2 Å². The third-order valence-corrected chi connectivity index (χ3v) is 4.27. The Hall–Kier alpha value is -1.97. The Kier molecular flexibility index (Phi) is 5.31. The minimum atomic E-state index is -4.90. The van der Waals surface area contributed by atoms with Gasteiger partial charge in [-0.1, -0.05) is 23.2 Å². The van der Waals surface area contributed by atoms with Crippen LogP contribution in [0.25, 0.3) is 0 Å². The van der Waals surface area contributed by atoms with E-state index in [-0.39, 0.29) is 27.8 Å². The van der Waals surface area contributed by atoms with Crippen molar-refractivity contribution in [1.29, 1.82) is 0 Å².